The summed E-state index contributed by atoms with van der Waals surface area (Å²) in [6, 6.07) is 4.51. The third-order valence-electron chi connectivity index (χ3n) is 1.80. The summed E-state index contributed by atoms with van der Waals surface area (Å²) in [5.41, 5.74) is 0.818. The number of aliphatic hydroxyl groups excluding tert-OH is 1. The molecule has 1 aromatic carbocycles. The molecule has 0 aliphatic carbocycles. The van der Waals surface area contributed by atoms with Crippen LogP contribution in [0.4, 0.5) is 4.39 Å². The summed E-state index contributed by atoms with van der Waals surface area (Å²) in [4.78, 5) is 0. The predicted octanol–water partition coefficient (Wildman–Crippen LogP) is 1.30. The second kappa shape index (κ2) is 5.68. The van der Waals surface area contributed by atoms with Crippen molar-refractivity contribution in [3.05, 3.63) is 29.6 Å². The summed E-state index contributed by atoms with van der Waals surface area (Å²) in [6.07, 6.45) is -0.555. The summed E-state index contributed by atoms with van der Waals surface area (Å²) < 4.78 is 18.3. The van der Waals surface area contributed by atoms with Crippen LogP contribution in [0.1, 0.15) is 12.5 Å². The zero-order valence-corrected chi connectivity index (χ0v) is 8.96. The first-order valence-electron chi connectivity index (χ1n) is 4.86. The minimum Gasteiger partial charge on any atom is -0.491 e. The molecule has 0 spiro atoms. The average molecular weight is 213 g/mol. The molecule has 1 rings (SSSR count). The van der Waals surface area contributed by atoms with E-state index in [1.165, 1.54) is 12.1 Å². The minimum absolute atomic E-state index is 0.169. The molecule has 1 atom stereocenters. The smallest absolute Gasteiger partial charge is 0.127 e. The Balaban J connectivity index is 2.70. The maximum Gasteiger partial charge on any atom is 0.127 e. The first-order valence-corrected chi connectivity index (χ1v) is 4.86. The summed E-state index contributed by atoms with van der Waals surface area (Å²) >= 11 is 0. The number of benzene rings is 1. The molecule has 0 radical (unpaired) electrons. The number of rotatable bonds is 5. The molecule has 4 heteroatoms. The van der Waals surface area contributed by atoms with Gasteiger partial charge in [0.1, 0.15) is 18.2 Å². The molecule has 0 saturated heterocycles. The number of ether oxygens (including phenoxy) is 1. The van der Waals surface area contributed by atoms with Gasteiger partial charge >= 0.3 is 0 Å². The monoisotopic (exact) mass is 213 g/mol. The molecular weight excluding hydrogens is 197 g/mol. The van der Waals surface area contributed by atoms with Crippen LogP contribution in [-0.2, 0) is 6.54 Å². The third-order valence-corrected chi connectivity index (χ3v) is 1.80. The van der Waals surface area contributed by atoms with Crippen molar-refractivity contribution in [1.29, 1.82) is 0 Å². The molecule has 0 bridgehead atoms. The van der Waals surface area contributed by atoms with Crippen LogP contribution < -0.4 is 10.1 Å². The molecule has 0 amide bonds. The van der Waals surface area contributed by atoms with Crippen molar-refractivity contribution in [1.82, 2.24) is 5.32 Å². The Kier molecular flexibility index (Phi) is 4.52. The lowest BCUT2D eigenvalue weighted by Crippen LogP contribution is -2.13. The van der Waals surface area contributed by atoms with E-state index in [2.05, 4.69) is 5.32 Å². The molecule has 0 heterocycles. The molecule has 3 nitrogen and oxygen atoms in total. The molecule has 2 N–H and O–H groups in total. The van der Waals surface area contributed by atoms with Crippen LogP contribution in [0.3, 0.4) is 0 Å². The van der Waals surface area contributed by atoms with Gasteiger partial charge in [0.25, 0.3) is 0 Å². The average Bonchev–Trinajstić information content (AvgIpc) is 2.14. The Morgan fingerprint density at radius 1 is 1.47 bits per heavy atom. The molecule has 0 aromatic heterocycles. The summed E-state index contributed by atoms with van der Waals surface area (Å²) in [5.74, 6) is 0.115. The van der Waals surface area contributed by atoms with Crippen LogP contribution in [0.15, 0.2) is 18.2 Å². The normalized spacial score (nSPS) is 12.5. The maximum atomic E-state index is 13.1. The Labute approximate surface area is 88.9 Å². The molecule has 84 valence electrons. The van der Waals surface area contributed by atoms with E-state index >= 15 is 0 Å². The van der Waals surface area contributed by atoms with Gasteiger partial charge in [0.2, 0.25) is 0 Å². The van der Waals surface area contributed by atoms with Crippen molar-refractivity contribution < 1.29 is 14.2 Å². The van der Waals surface area contributed by atoms with Crippen molar-refractivity contribution in [3.63, 3.8) is 0 Å². The number of halogens is 1. The van der Waals surface area contributed by atoms with Crippen LogP contribution >= 0.6 is 0 Å². The molecule has 15 heavy (non-hydrogen) atoms. The summed E-state index contributed by atoms with van der Waals surface area (Å²) in [5, 5.41) is 12.0. The fourth-order valence-corrected chi connectivity index (χ4v) is 1.23. The van der Waals surface area contributed by atoms with Gasteiger partial charge in [-0.15, -0.1) is 0 Å². The highest BCUT2D eigenvalue weighted by Crippen LogP contribution is 2.16. The van der Waals surface area contributed by atoms with E-state index in [-0.39, 0.29) is 12.4 Å². The summed E-state index contributed by atoms with van der Waals surface area (Å²) in [6.45, 7) is 2.37. The van der Waals surface area contributed by atoms with Gasteiger partial charge in [-0.05, 0) is 31.7 Å². The zero-order valence-electron chi connectivity index (χ0n) is 8.96. The van der Waals surface area contributed by atoms with Gasteiger partial charge in [0, 0.05) is 12.6 Å². The van der Waals surface area contributed by atoms with E-state index in [0.717, 1.165) is 5.56 Å². The van der Waals surface area contributed by atoms with E-state index in [1.807, 2.05) is 0 Å². The van der Waals surface area contributed by atoms with E-state index in [4.69, 9.17) is 9.84 Å². The molecular formula is C11H16FNO2. The van der Waals surface area contributed by atoms with Gasteiger partial charge < -0.3 is 15.2 Å². The molecule has 0 aliphatic heterocycles. The molecule has 0 aliphatic rings. The fraction of sp³-hybridized carbons (Fsp3) is 0.455. The van der Waals surface area contributed by atoms with Gasteiger partial charge in [-0.2, -0.15) is 0 Å². The zero-order chi connectivity index (χ0) is 11.3. The quantitative estimate of drug-likeness (QED) is 0.774. The Bertz CT molecular complexity index is 315. The molecule has 1 aromatic rings. The predicted molar refractivity (Wildman–Crippen MR) is 56.3 cm³/mol. The van der Waals surface area contributed by atoms with Crippen LogP contribution in [0.5, 0.6) is 5.75 Å². The SMILES string of the molecule is CNCc1cc(F)cc(OCC(C)O)c1. The lowest BCUT2D eigenvalue weighted by Gasteiger charge is -2.09. The first-order chi connectivity index (χ1) is 7.11. The lowest BCUT2D eigenvalue weighted by molar-refractivity contribution is 0.122. The highest BCUT2D eigenvalue weighted by molar-refractivity contribution is 5.29. The minimum atomic E-state index is -0.555. The Hall–Kier alpha value is -1.13. The van der Waals surface area contributed by atoms with E-state index < -0.39 is 6.10 Å². The largest absolute Gasteiger partial charge is 0.491 e. The van der Waals surface area contributed by atoms with Gasteiger partial charge in [-0.3, -0.25) is 0 Å². The Morgan fingerprint density at radius 3 is 2.80 bits per heavy atom. The van der Waals surface area contributed by atoms with Gasteiger partial charge in [-0.1, -0.05) is 0 Å². The van der Waals surface area contributed by atoms with Crippen LogP contribution in [-0.4, -0.2) is 24.9 Å². The Morgan fingerprint density at radius 2 is 2.20 bits per heavy atom. The van der Waals surface area contributed by atoms with Crippen molar-refractivity contribution in [3.8, 4) is 5.75 Å². The first kappa shape index (κ1) is 11.9. The molecule has 0 saturated carbocycles. The van der Waals surface area contributed by atoms with Gasteiger partial charge in [-0.25, -0.2) is 4.39 Å². The van der Waals surface area contributed by atoms with E-state index in [1.54, 1.807) is 20.0 Å². The summed E-state index contributed by atoms with van der Waals surface area (Å²) in [7, 11) is 1.79. The van der Waals surface area contributed by atoms with Crippen molar-refractivity contribution in [2.45, 2.75) is 19.6 Å². The standard InChI is InChI=1S/C11H16FNO2/c1-8(14)7-15-11-4-9(6-13-2)3-10(12)5-11/h3-5,8,13-14H,6-7H2,1-2H3. The number of hydrogen-bond donors (Lipinski definition) is 2. The highest BCUT2D eigenvalue weighted by Gasteiger charge is 2.03. The number of nitrogens with one attached hydrogen (secondary N) is 1. The van der Waals surface area contributed by atoms with Gasteiger partial charge in [0.15, 0.2) is 0 Å². The van der Waals surface area contributed by atoms with E-state index in [9.17, 15) is 4.39 Å². The highest BCUT2D eigenvalue weighted by atomic mass is 19.1. The fourth-order valence-electron chi connectivity index (χ4n) is 1.23. The van der Waals surface area contributed by atoms with Crippen LogP contribution in [0.25, 0.3) is 0 Å². The maximum absolute atomic E-state index is 13.1. The second-order valence-electron chi connectivity index (χ2n) is 3.49. The third kappa shape index (κ3) is 4.27. The van der Waals surface area contributed by atoms with Crippen molar-refractivity contribution in [2.75, 3.05) is 13.7 Å². The number of aliphatic hydroxyl groups is 1. The molecule has 0 fully saturated rings. The molecule has 1 unspecified atom stereocenters. The van der Waals surface area contributed by atoms with Crippen molar-refractivity contribution >= 4 is 0 Å². The van der Waals surface area contributed by atoms with Gasteiger partial charge in [0.05, 0.1) is 6.10 Å². The van der Waals surface area contributed by atoms with Crippen LogP contribution in [0.2, 0.25) is 0 Å². The topological polar surface area (TPSA) is 41.5 Å². The lowest BCUT2D eigenvalue weighted by atomic mass is 10.2. The van der Waals surface area contributed by atoms with Crippen LogP contribution in [0, 0.1) is 5.82 Å². The van der Waals surface area contributed by atoms with E-state index in [0.29, 0.717) is 12.3 Å². The second-order valence-corrected chi connectivity index (χ2v) is 3.49. The number of hydrogen-bond acceptors (Lipinski definition) is 3. The van der Waals surface area contributed by atoms with Crippen molar-refractivity contribution in [2.24, 2.45) is 0 Å².